The molecule has 1 heterocycles. The van der Waals surface area contributed by atoms with Crippen LogP contribution in [0.2, 0.25) is 0 Å². The summed E-state index contributed by atoms with van der Waals surface area (Å²) in [5.41, 5.74) is 1.17. The topological polar surface area (TPSA) is 18.5 Å². The maximum Gasteiger partial charge on any atom is 0.133 e. The third-order valence-electron chi connectivity index (χ3n) is 2.55. The molecule has 1 unspecified atom stereocenters. The standard InChI is InChI=1S/C13H12Br2O2S/c1-16-9-6-12(18-7-9)13(15)8-3-4-11(17-2)10(14)5-8/h3-7,13H,1-2H3. The predicted octanol–water partition coefficient (Wildman–Crippen LogP) is 5.01. The molecular formula is C13H12Br2O2S. The predicted molar refractivity (Wildman–Crippen MR) is 82.3 cm³/mol. The van der Waals surface area contributed by atoms with Crippen LogP contribution in [0.15, 0.2) is 34.1 Å². The molecule has 2 rings (SSSR count). The van der Waals surface area contributed by atoms with Crippen LogP contribution in [0.25, 0.3) is 0 Å². The Hall–Kier alpha value is -0.520. The van der Waals surface area contributed by atoms with E-state index in [0.29, 0.717) is 0 Å². The summed E-state index contributed by atoms with van der Waals surface area (Å²) < 4.78 is 11.4. The summed E-state index contributed by atoms with van der Waals surface area (Å²) in [5.74, 6) is 1.73. The molecule has 0 spiro atoms. The van der Waals surface area contributed by atoms with Gasteiger partial charge in [-0.15, -0.1) is 11.3 Å². The first kappa shape index (κ1) is 13.9. The Balaban J connectivity index is 2.27. The van der Waals surface area contributed by atoms with Crippen LogP contribution >= 0.6 is 43.2 Å². The molecule has 5 heteroatoms. The Bertz CT molecular complexity index is 540. The number of ether oxygens (including phenoxy) is 2. The van der Waals surface area contributed by atoms with Gasteiger partial charge in [0, 0.05) is 10.3 Å². The van der Waals surface area contributed by atoms with Crippen molar-refractivity contribution in [3.05, 3.63) is 44.6 Å². The number of thiophene rings is 1. The van der Waals surface area contributed by atoms with Crippen LogP contribution in [0.1, 0.15) is 15.3 Å². The molecule has 0 aliphatic heterocycles. The van der Waals surface area contributed by atoms with Gasteiger partial charge in [0.25, 0.3) is 0 Å². The van der Waals surface area contributed by atoms with E-state index in [2.05, 4.69) is 44.0 Å². The van der Waals surface area contributed by atoms with Crippen LogP contribution < -0.4 is 9.47 Å². The van der Waals surface area contributed by atoms with Gasteiger partial charge in [0.15, 0.2) is 0 Å². The Labute approximate surface area is 127 Å². The fourth-order valence-electron chi connectivity index (χ4n) is 1.58. The number of hydrogen-bond acceptors (Lipinski definition) is 3. The Kier molecular flexibility index (Phi) is 4.70. The van der Waals surface area contributed by atoms with Gasteiger partial charge in [-0.2, -0.15) is 0 Å². The lowest BCUT2D eigenvalue weighted by atomic mass is 10.1. The first-order valence-electron chi connectivity index (χ1n) is 5.25. The minimum atomic E-state index is 0.161. The van der Waals surface area contributed by atoms with Gasteiger partial charge in [0.1, 0.15) is 11.5 Å². The van der Waals surface area contributed by atoms with E-state index in [-0.39, 0.29) is 4.83 Å². The molecule has 0 bridgehead atoms. The molecule has 0 amide bonds. The lowest BCUT2D eigenvalue weighted by Gasteiger charge is -2.10. The summed E-state index contributed by atoms with van der Waals surface area (Å²) in [6.07, 6.45) is 0. The quantitative estimate of drug-likeness (QED) is 0.681. The van der Waals surface area contributed by atoms with Crippen LogP contribution in [-0.4, -0.2) is 14.2 Å². The average Bonchev–Trinajstić information content (AvgIpc) is 2.86. The highest BCUT2D eigenvalue weighted by atomic mass is 79.9. The zero-order valence-electron chi connectivity index (χ0n) is 9.94. The van der Waals surface area contributed by atoms with Crippen molar-refractivity contribution < 1.29 is 9.47 Å². The van der Waals surface area contributed by atoms with E-state index in [1.807, 2.05) is 17.5 Å². The molecule has 1 aromatic heterocycles. The van der Waals surface area contributed by atoms with E-state index in [1.165, 1.54) is 10.4 Å². The van der Waals surface area contributed by atoms with E-state index < -0.39 is 0 Å². The zero-order chi connectivity index (χ0) is 13.1. The maximum absolute atomic E-state index is 5.23. The van der Waals surface area contributed by atoms with Gasteiger partial charge in [0.05, 0.1) is 23.5 Å². The Morgan fingerprint density at radius 3 is 2.50 bits per heavy atom. The smallest absolute Gasteiger partial charge is 0.133 e. The first-order valence-corrected chi connectivity index (χ1v) is 7.84. The molecule has 1 atom stereocenters. The van der Waals surface area contributed by atoms with Gasteiger partial charge >= 0.3 is 0 Å². The molecular weight excluding hydrogens is 380 g/mol. The fourth-order valence-corrected chi connectivity index (χ4v) is 3.73. The number of benzene rings is 1. The monoisotopic (exact) mass is 390 g/mol. The van der Waals surface area contributed by atoms with Crippen LogP contribution in [0.5, 0.6) is 11.5 Å². The Morgan fingerprint density at radius 2 is 1.94 bits per heavy atom. The Morgan fingerprint density at radius 1 is 1.17 bits per heavy atom. The first-order chi connectivity index (χ1) is 8.65. The number of halogens is 2. The molecule has 0 fully saturated rings. The lowest BCUT2D eigenvalue weighted by Crippen LogP contribution is -1.91. The normalized spacial score (nSPS) is 12.2. The SMILES string of the molecule is COc1csc(C(Br)c2ccc(OC)c(Br)c2)c1. The minimum absolute atomic E-state index is 0.161. The summed E-state index contributed by atoms with van der Waals surface area (Å²) >= 11 is 8.88. The van der Waals surface area contributed by atoms with Crippen molar-refractivity contribution >= 4 is 43.2 Å². The van der Waals surface area contributed by atoms with Crippen molar-refractivity contribution in [2.24, 2.45) is 0 Å². The van der Waals surface area contributed by atoms with Crippen molar-refractivity contribution in [3.63, 3.8) is 0 Å². The molecule has 2 aromatic rings. The summed E-state index contributed by atoms with van der Waals surface area (Å²) in [5, 5.41) is 2.00. The second-order valence-electron chi connectivity index (χ2n) is 3.65. The second kappa shape index (κ2) is 6.08. The highest BCUT2D eigenvalue weighted by molar-refractivity contribution is 9.10. The fraction of sp³-hybridized carbons (Fsp3) is 0.231. The van der Waals surface area contributed by atoms with Crippen molar-refractivity contribution in [3.8, 4) is 11.5 Å². The average molecular weight is 392 g/mol. The summed E-state index contributed by atoms with van der Waals surface area (Å²) in [4.78, 5) is 1.37. The maximum atomic E-state index is 5.23. The van der Waals surface area contributed by atoms with E-state index >= 15 is 0 Å². The molecule has 18 heavy (non-hydrogen) atoms. The van der Waals surface area contributed by atoms with Gasteiger partial charge in [-0.05, 0) is 39.7 Å². The molecule has 0 radical (unpaired) electrons. The molecule has 0 saturated carbocycles. The van der Waals surface area contributed by atoms with E-state index in [4.69, 9.17) is 9.47 Å². The molecule has 96 valence electrons. The third-order valence-corrected chi connectivity index (χ3v) is 5.47. The van der Waals surface area contributed by atoms with Gasteiger partial charge < -0.3 is 9.47 Å². The molecule has 0 aliphatic rings. The number of hydrogen-bond donors (Lipinski definition) is 0. The second-order valence-corrected chi connectivity index (χ2v) is 6.36. The van der Waals surface area contributed by atoms with Gasteiger partial charge in [-0.3, -0.25) is 0 Å². The van der Waals surface area contributed by atoms with E-state index in [1.54, 1.807) is 25.6 Å². The molecule has 1 aromatic carbocycles. The lowest BCUT2D eigenvalue weighted by molar-refractivity contribution is 0.412. The molecule has 2 nitrogen and oxygen atoms in total. The van der Waals surface area contributed by atoms with Gasteiger partial charge in [-0.1, -0.05) is 22.0 Å². The highest BCUT2D eigenvalue weighted by Gasteiger charge is 2.14. The third kappa shape index (κ3) is 2.90. The minimum Gasteiger partial charge on any atom is -0.496 e. The summed E-state index contributed by atoms with van der Waals surface area (Å²) in [6.45, 7) is 0. The summed E-state index contributed by atoms with van der Waals surface area (Å²) in [7, 11) is 3.34. The largest absolute Gasteiger partial charge is 0.496 e. The highest BCUT2D eigenvalue weighted by Crippen LogP contribution is 2.39. The van der Waals surface area contributed by atoms with Crippen molar-refractivity contribution in [1.29, 1.82) is 0 Å². The van der Waals surface area contributed by atoms with Crippen molar-refractivity contribution in [1.82, 2.24) is 0 Å². The zero-order valence-corrected chi connectivity index (χ0v) is 13.9. The van der Waals surface area contributed by atoms with Gasteiger partial charge in [-0.25, -0.2) is 0 Å². The van der Waals surface area contributed by atoms with E-state index in [9.17, 15) is 0 Å². The summed E-state index contributed by atoms with van der Waals surface area (Å²) in [6, 6.07) is 8.11. The number of rotatable bonds is 4. The molecule has 0 saturated heterocycles. The number of alkyl halides is 1. The van der Waals surface area contributed by atoms with Crippen LogP contribution in [0.3, 0.4) is 0 Å². The number of methoxy groups -OCH3 is 2. The van der Waals surface area contributed by atoms with Gasteiger partial charge in [0.2, 0.25) is 0 Å². The van der Waals surface area contributed by atoms with Crippen LogP contribution in [0, 0.1) is 0 Å². The molecule has 0 N–H and O–H groups in total. The molecule has 0 aliphatic carbocycles. The van der Waals surface area contributed by atoms with Crippen LogP contribution in [0.4, 0.5) is 0 Å². The van der Waals surface area contributed by atoms with E-state index in [0.717, 1.165) is 16.0 Å². The van der Waals surface area contributed by atoms with Crippen molar-refractivity contribution in [2.75, 3.05) is 14.2 Å². The van der Waals surface area contributed by atoms with Crippen LogP contribution in [-0.2, 0) is 0 Å². The van der Waals surface area contributed by atoms with Crippen molar-refractivity contribution in [2.45, 2.75) is 4.83 Å².